The molecule has 0 N–H and O–H groups in total. The molecule has 25 heavy (non-hydrogen) atoms. The molecular formula is C17H14ClNO5S. The molecule has 2 aromatic carbocycles. The summed E-state index contributed by atoms with van der Waals surface area (Å²) in [6.07, 6.45) is 0.190. The maximum atomic E-state index is 12.2. The first kappa shape index (κ1) is 17.6. The minimum absolute atomic E-state index is 0.0721. The molecule has 0 atom stereocenters. The maximum Gasteiger partial charge on any atom is 0.298 e. The zero-order chi connectivity index (χ0) is 18.0. The van der Waals surface area contributed by atoms with Crippen LogP contribution in [-0.4, -0.2) is 38.3 Å². The number of benzene rings is 2. The molecule has 0 radical (unpaired) electrons. The van der Waals surface area contributed by atoms with Gasteiger partial charge in [0.1, 0.15) is 4.90 Å². The van der Waals surface area contributed by atoms with Crippen LogP contribution in [0.1, 0.15) is 27.1 Å². The van der Waals surface area contributed by atoms with E-state index >= 15 is 0 Å². The summed E-state index contributed by atoms with van der Waals surface area (Å²) in [4.78, 5) is 25.4. The van der Waals surface area contributed by atoms with Crippen molar-refractivity contribution in [3.63, 3.8) is 0 Å². The number of hydrogen-bond acceptors (Lipinski definition) is 5. The summed E-state index contributed by atoms with van der Waals surface area (Å²) >= 11 is 5.86. The van der Waals surface area contributed by atoms with Gasteiger partial charge in [-0.1, -0.05) is 35.9 Å². The molecule has 1 aliphatic rings. The Bertz CT molecular complexity index is 907. The largest absolute Gasteiger partial charge is 0.298 e. The van der Waals surface area contributed by atoms with Gasteiger partial charge < -0.3 is 0 Å². The Balaban J connectivity index is 1.59. The van der Waals surface area contributed by atoms with Crippen LogP contribution in [0, 0.1) is 0 Å². The van der Waals surface area contributed by atoms with Gasteiger partial charge in [0.2, 0.25) is 0 Å². The Kier molecular flexibility index (Phi) is 4.89. The van der Waals surface area contributed by atoms with Gasteiger partial charge in [0.05, 0.1) is 22.8 Å². The molecule has 8 heteroatoms. The molecule has 0 unspecified atom stereocenters. The predicted molar refractivity (Wildman–Crippen MR) is 91.0 cm³/mol. The molecule has 0 saturated carbocycles. The van der Waals surface area contributed by atoms with Crippen LogP contribution < -0.4 is 0 Å². The zero-order valence-corrected chi connectivity index (χ0v) is 14.6. The molecular weight excluding hydrogens is 366 g/mol. The van der Waals surface area contributed by atoms with Crippen molar-refractivity contribution in [3.8, 4) is 0 Å². The van der Waals surface area contributed by atoms with Gasteiger partial charge in [0, 0.05) is 6.54 Å². The normalized spacial score (nSPS) is 14.0. The molecule has 1 aliphatic heterocycles. The van der Waals surface area contributed by atoms with Gasteiger partial charge in [-0.3, -0.25) is 18.7 Å². The van der Waals surface area contributed by atoms with Gasteiger partial charge in [-0.15, -0.1) is 0 Å². The van der Waals surface area contributed by atoms with E-state index in [2.05, 4.69) is 0 Å². The second kappa shape index (κ2) is 6.95. The Labute approximate surface area is 150 Å². The zero-order valence-electron chi connectivity index (χ0n) is 13.0. The fourth-order valence-electron chi connectivity index (χ4n) is 2.54. The third-order valence-electron chi connectivity index (χ3n) is 3.75. The summed E-state index contributed by atoms with van der Waals surface area (Å²) in [5, 5.41) is 0.0721. The summed E-state index contributed by atoms with van der Waals surface area (Å²) in [7, 11) is -3.99. The molecule has 6 nitrogen and oxygen atoms in total. The fraction of sp³-hybridized carbons (Fsp3) is 0.176. The first-order valence-electron chi connectivity index (χ1n) is 7.51. The van der Waals surface area contributed by atoms with Gasteiger partial charge >= 0.3 is 0 Å². The highest BCUT2D eigenvalue weighted by Crippen LogP contribution is 2.24. The second-order valence-corrected chi connectivity index (χ2v) is 7.36. The van der Waals surface area contributed by atoms with E-state index in [0.717, 1.165) is 4.90 Å². The van der Waals surface area contributed by atoms with E-state index in [1.807, 2.05) is 0 Å². The molecule has 0 saturated heterocycles. The van der Waals surface area contributed by atoms with E-state index < -0.39 is 10.1 Å². The highest BCUT2D eigenvalue weighted by atomic mass is 35.5. The van der Waals surface area contributed by atoms with E-state index in [9.17, 15) is 18.0 Å². The quantitative estimate of drug-likeness (QED) is 0.438. The maximum absolute atomic E-state index is 12.2. The minimum atomic E-state index is -3.99. The first-order chi connectivity index (χ1) is 11.9. The average Bonchev–Trinajstić information content (AvgIpc) is 2.84. The molecule has 1 heterocycles. The fourth-order valence-corrected chi connectivity index (χ4v) is 3.98. The Morgan fingerprint density at radius 2 is 1.48 bits per heavy atom. The van der Waals surface area contributed by atoms with Crippen LogP contribution in [0.15, 0.2) is 53.4 Å². The van der Waals surface area contributed by atoms with Crippen molar-refractivity contribution in [1.29, 1.82) is 0 Å². The number of halogens is 1. The lowest BCUT2D eigenvalue weighted by molar-refractivity contribution is 0.0647. The standard InChI is InChI=1S/C17H14ClNO5S/c18-14-8-3-4-9-15(14)25(22,23)24-11-5-10-19-16(20)12-6-1-2-7-13(12)17(19)21/h1-4,6-9H,5,10-11H2. The van der Waals surface area contributed by atoms with Crippen molar-refractivity contribution in [2.24, 2.45) is 0 Å². The van der Waals surface area contributed by atoms with Crippen LogP contribution >= 0.6 is 11.6 Å². The van der Waals surface area contributed by atoms with Gasteiger partial charge in [0.25, 0.3) is 21.9 Å². The third kappa shape index (κ3) is 3.44. The van der Waals surface area contributed by atoms with Crippen molar-refractivity contribution in [2.45, 2.75) is 11.3 Å². The number of amides is 2. The lowest BCUT2D eigenvalue weighted by Gasteiger charge is -2.13. The SMILES string of the molecule is O=C1c2ccccc2C(=O)N1CCCOS(=O)(=O)c1ccccc1Cl. The topological polar surface area (TPSA) is 80.8 Å². The molecule has 0 aromatic heterocycles. The Hall–Kier alpha value is -2.22. The number of hydrogen-bond donors (Lipinski definition) is 0. The van der Waals surface area contributed by atoms with Crippen molar-refractivity contribution in [1.82, 2.24) is 4.90 Å². The molecule has 0 aliphatic carbocycles. The highest BCUT2D eigenvalue weighted by Gasteiger charge is 2.34. The van der Waals surface area contributed by atoms with Crippen molar-refractivity contribution < 1.29 is 22.2 Å². The number of fused-ring (bicyclic) bond motifs is 1. The number of carbonyl (C=O) groups excluding carboxylic acids is 2. The van der Waals surface area contributed by atoms with Crippen LogP contribution in [0.4, 0.5) is 0 Å². The van der Waals surface area contributed by atoms with Gasteiger partial charge in [0.15, 0.2) is 0 Å². The highest BCUT2D eigenvalue weighted by molar-refractivity contribution is 7.86. The summed E-state index contributed by atoms with van der Waals surface area (Å²) in [5.74, 6) is -0.760. The monoisotopic (exact) mass is 379 g/mol. The van der Waals surface area contributed by atoms with Gasteiger partial charge in [-0.2, -0.15) is 8.42 Å². The molecule has 0 bridgehead atoms. The molecule has 2 amide bonds. The van der Waals surface area contributed by atoms with Crippen LogP contribution in [0.2, 0.25) is 5.02 Å². The molecule has 0 spiro atoms. The van der Waals surface area contributed by atoms with Crippen molar-refractivity contribution >= 4 is 33.5 Å². The summed E-state index contributed by atoms with van der Waals surface area (Å²) in [5.41, 5.74) is 0.717. The van der Waals surface area contributed by atoms with Gasteiger partial charge in [-0.05, 0) is 30.7 Å². The van der Waals surface area contributed by atoms with E-state index in [1.165, 1.54) is 12.1 Å². The lowest BCUT2D eigenvalue weighted by Crippen LogP contribution is -2.31. The molecule has 3 rings (SSSR count). The lowest BCUT2D eigenvalue weighted by atomic mass is 10.1. The van der Waals surface area contributed by atoms with Crippen LogP contribution in [0.25, 0.3) is 0 Å². The van der Waals surface area contributed by atoms with Crippen LogP contribution in [-0.2, 0) is 14.3 Å². The first-order valence-corrected chi connectivity index (χ1v) is 9.29. The predicted octanol–water partition coefficient (Wildman–Crippen LogP) is 2.73. The second-order valence-electron chi connectivity index (χ2n) is 5.37. The minimum Gasteiger partial charge on any atom is -0.274 e. The van der Waals surface area contributed by atoms with E-state index in [0.29, 0.717) is 11.1 Å². The van der Waals surface area contributed by atoms with E-state index in [-0.39, 0.29) is 41.3 Å². The number of nitrogens with zero attached hydrogens (tertiary/aromatic N) is 1. The number of imide groups is 1. The average molecular weight is 380 g/mol. The van der Waals surface area contributed by atoms with E-state index in [1.54, 1.807) is 36.4 Å². The van der Waals surface area contributed by atoms with Crippen LogP contribution in [0.5, 0.6) is 0 Å². The third-order valence-corrected chi connectivity index (χ3v) is 5.56. The van der Waals surface area contributed by atoms with Gasteiger partial charge in [-0.25, -0.2) is 0 Å². The number of rotatable bonds is 6. The summed E-state index contributed by atoms with van der Waals surface area (Å²) < 4.78 is 29.1. The molecule has 130 valence electrons. The Morgan fingerprint density at radius 1 is 0.920 bits per heavy atom. The van der Waals surface area contributed by atoms with Crippen molar-refractivity contribution in [3.05, 3.63) is 64.7 Å². The Morgan fingerprint density at radius 3 is 2.08 bits per heavy atom. The van der Waals surface area contributed by atoms with Crippen molar-refractivity contribution in [2.75, 3.05) is 13.2 Å². The summed E-state index contributed by atoms with van der Waals surface area (Å²) in [6, 6.07) is 12.5. The number of carbonyl (C=O) groups is 2. The molecule has 0 fully saturated rings. The smallest absolute Gasteiger partial charge is 0.274 e. The summed E-state index contributed by atoms with van der Waals surface area (Å²) in [6.45, 7) is -0.0919. The van der Waals surface area contributed by atoms with Crippen LogP contribution in [0.3, 0.4) is 0 Å². The molecule has 2 aromatic rings. The van der Waals surface area contributed by atoms with E-state index in [4.69, 9.17) is 15.8 Å².